The monoisotopic (exact) mass is 275 g/mol. The van der Waals surface area contributed by atoms with Crippen molar-refractivity contribution in [3.63, 3.8) is 0 Å². The Balaban J connectivity index is 3.62. The molecule has 1 aromatic rings. The average Bonchev–Trinajstić information content (AvgIpc) is 2.48. The summed E-state index contributed by atoms with van der Waals surface area (Å²) in [6, 6.07) is 3.16. The van der Waals surface area contributed by atoms with Crippen LogP contribution < -0.4 is 10.0 Å². The van der Waals surface area contributed by atoms with Crippen molar-refractivity contribution in [3.05, 3.63) is 35.3 Å². The van der Waals surface area contributed by atoms with Crippen LogP contribution in [-0.4, -0.2) is 31.0 Å². The van der Waals surface area contributed by atoms with Crippen LogP contribution in [0.4, 0.5) is 0 Å². The van der Waals surface area contributed by atoms with Crippen LogP contribution in [-0.2, 0) is 4.74 Å². The zero-order chi connectivity index (χ0) is 15.1. The molecule has 0 amide bonds. The van der Waals surface area contributed by atoms with E-state index in [-0.39, 0.29) is 22.4 Å². The molecule has 20 heavy (non-hydrogen) atoms. The predicted molar refractivity (Wildman–Crippen MR) is 70.3 cm³/mol. The second kappa shape index (κ2) is 6.89. The Labute approximate surface area is 116 Å². The Morgan fingerprint density at radius 1 is 1.70 bits per heavy atom. The molecule has 0 aliphatic heterocycles. The van der Waals surface area contributed by atoms with E-state index in [4.69, 9.17) is 10.7 Å². The van der Waals surface area contributed by atoms with E-state index >= 15 is 0 Å². The Bertz CT molecular complexity index is 602. The minimum Gasteiger partial charge on any atom is -0.465 e. The highest BCUT2D eigenvalue weighted by atomic mass is 16.5. The maximum atomic E-state index is 11.8. The Hall–Kier alpha value is -2.88. The predicted octanol–water partition coefficient (Wildman–Crippen LogP) is 0.470. The molecule has 0 aromatic carbocycles. The standard InChI is InChI=1S/C13H14N4O3/c1-3-16-8-10(7-15)12-11(13(18)20-2)9(6-14)4-5-17(12)19/h4-5,7-8,15,19H,3H2,1-2H3/p+1. The van der Waals surface area contributed by atoms with Gasteiger partial charge in [0.1, 0.15) is 6.07 Å². The molecular formula is C13H15N4O3+. The minimum absolute atomic E-state index is 0.0202. The fourth-order valence-electron chi connectivity index (χ4n) is 1.61. The van der Waals surface area contributed by atoms with Crippen molar-refractivity contribution in [2.45, 2.75) is 6.92 Å². The number of nitriles is 1. The second-order valence-electron chi connectivity index (χ2n) is 3.70. The van der Waals surface area contributed by atoms with Crippen LogP contribution >= 0.6 is 0 Å². The van der Waals surface area contributed by atoms with E-state index < -0.39 is 5.97 Å². The largest absolute Gasteiger partial charge is 0.465 e. The first kappa shape index (κ1) is 15.2. The van der Waals surface area contributed by atoms with Crippen molar-refractivity contribution in [2.24, 2.45) is 0 Å². The number of aromatic nitrogens is 1. The third kappa shape index (κ3) is 2.92. The van der Waals surface area contributed by atoms with Gasteiger partial charge < -0.3 is 15.5 Å². The summed E-state index contributed by atoms with van der Waals surface area (Å²) < 4.78 is 5.32. The molecule has 7 heteroatoms. The maximum absolute atomic E-state index is 11.8. The van der Waals surface area contributed by atoms with Crippen LogP contribution in [0.1, 0.15) is 28.5 Å². The highest BCUT2D eigenvalue weighted by Crippen LogP contribution is 2.18. The number of esters is 1. The summed E-state index contributed by atoms with van der Waals surface area (Å²) in [5.74, 6) is -0.760. The maximum Gasteiger partial charge on any atom is 0.346 e. The molecule has 0 spiro atoms. The number of hydrogen-bond acceptors (Lipinski definition) is 6. The molecule has 7 nitrogen and oxygen atoms in total. The Morgan fingerprint density at radius 2 is 2.40 bits per heavy atom. The van der Waals surface area contributed by atoms with Crippen molar-refractivity contribution in [2.75, 3.05) is 13.7 Å². The van der Waals surface area contributed by atoms with Crippen LogP contribution in [0.2, 0.25) is 0 Å². The molecule has 0 aliphatic carbocycles. The summed E-state index contributed by atoms with van der Waals surface area (Å²) >= 11 is 0. The van der Waals surface area contributed by atoms with Gasteiger partial charge in [0.05, 0.1) is 18.2 Å². The second-order valence-corrected chi connectivity index (χ2v) is 3.70. The number of pyridine rings is 1. The van der Waals surface area contributed by atoms with Crippen LogP contribution in [0, 0.1) is 16.7 Å². The molecule has 1 heterocycles. The minimum atomic E-state index is -0.760. The normalized spacial score (nSPS) is 10.6. The molecule has 104 valence electrons. The van der Waals surface area contributed by atoms with Gasteiger partial charge in [-0.3, -0.25) is 5.21 Å². The van der Waals surface area contributed by atoms with Crippen molar-refractivity contribution < 1.29 is 19.5 Å². The van der Waals surface area contributed by atoms with E-state index in [1.165, 1.54) is 25.6 Å². The molecule has 0 radical (unpaired) electrons. The van der Waals surface area contributed by atoms with Gasteiger partial charge in [0.25, 0.3) is 5.69 Å². The van der Waals surface area contributed by atoms with E-state index in [9.17, 15) is 10.0 Å². The zero-order valence-electron chi connectivity index (χ0n) is 11.2. The van der Waals surface area contributed by atoms with Crippen LogP contribution in [0.5, 0.6) is 0 Å². The number of carbonyl (C=O) groups is 1. The van der Waals surface area contributed by atoms with E-state index in [2.05, 4.69) is 10.1 Å². The highest BCUT2D eigenvalue weighted by molar-refractivity contribution is 6.11. The van der Waals surface area contributed by atoms with E-state index in [0.29, 0.717) is 11.3 Å². The van der Waals surface area contributed by atoms with Gasteiger partial charge in [0, 0.05) is 29.8 Å². The molecule has 0 bridgehead atoms. The first-order valence-electron chi connectivity index (χ1n) is 5.81. The molecule has 0 unspecified atom stereocenters. The van der Waals surface area contributed by atoms with Crippen molar-refractivity contribution in [1.29, 1.82) is 10.7 Å². The molecule has 0 saturated carbocycles. The summed E-state index contributed by atoms with van der Waals surface area (Å²) in [7, 11) is 1.18. The topological polar surface area (TPSA) is 110 Å². The molecule has 0 saturated heterocycles. The number of allylic oxidation sites excluding steroid dienone is 1. The smallest absolute Gasteiger partial charge is 0.346 e. The van der Waals surface area contributed by atoms with E-state index in [1.54, 1.807) is 0 Å². The third-order valence-corrected chi connectivity index (χ3v) is 2.52. The van der Waals surface area contributed by atoms with Gasteiger partial charge in [-0.2, -0.15) is 5.26 Å². The number of ether oxygens (including phenoxy) is 1. The van der Waals surface area contributed by atoms with Gasteiger partial charge >= 0.3 is 5.97 Å². The van der Waals surface area contributed by atoms with Gasteiger partial charge in [0.15, 0.2) is 5.56 Å². The van der Waals surface area contributed by atoms with Crippen LogP contribution in [0.3, 0.4) is 0 Å². The molecule has 0 atom stereocenters. The highest BCUT2D eigenvalue weighted by Gasteiger charge is 2.29. The van der Waals surface area contributed by atoms with E-state index in [0.717, 1.165) is 6.21 Å². The number of nitrogens with zero attached hydrogens (tertiary/aromatic N) is 2. The van der Waals surface area contributed by atoms with E-state index in [1.807, 2.05) is 13.0 Å². The quantitative estimate of drug-likeness (QED) is 0.313. The summed E-state index contributed by atoms with van der Waals surface area (Å²) in [5.41, 5.74) is 0.229. The molecular weight excluding hydrogens is 260 g/mol. The zero-order valence-corrected chi connectivity index (χ0v) is 11.2. The lowest BCUT2D eigenvalue weighted by atomic mass is 10.0. The van der Waals surface area contributed by atoms with Gasteiger partial charge in [-0.05, 0) is 6.92 Å². The molecule has 0 aliphatic rings. The number of methoxy groups -OCH3 is 1. The Morgan fingerprint density at radius 3 is 2.90 bits per heavy atom. The van der Waals surface area contributed by atoms with Gasteiger partial charge in [-0.1, -0.05) is 0 Å². The summed E-state index contributed by atoms with van der Waals surface area (Å²) in [4.78, 5) is 11.8. The number of carbonyl (C=O) groups excluding carboxylic acids is 1. The van der Waals surface area contributed by atoms with Gasteiger partial charge in [0.2, 0.25) is 6.20 Å². The van der Waals surface area contributed by atoms with Crippen LogP contribution in [0.15, 0.2) is 18.5 Å². The SMILES string of the molecule is CCN/C=C(\C=N)c1c(C(=O)OC)c(C#N)cc[n+]1O. The molecule has 1 rings (SSSR count). The fraction of sp³-hybridized carbons (Fsp3) is 0.231. The van der Waals surface area contributed by atoms with Crippen molar-refractivity contribution in [3.8, 4) is 6.07 Å². The third-order valence-electron chi connectivity index (χ3n) is 2.52. The lowest BCUT2D eigenvalue weighted by molar-refractivity contribution is -0.906. The van der Waals surface area contributed by atoms with Crippen LogP contribution in [0.25, 0.3) is 5.57 Å². The summed E-state index contributed by atoms with van der Waals surface area (Å²) in [5, 5.41) is 29.2. The Kier molecular flexibility index (Phi) is 5.23. The number of rotatable bonds is 5. The first-order chi connectivity index (χ1) is 9.60. The van der Waals surface area contributed by atoms with Gasteiger partial charge in [-0.25, -0.2) is 4.79 Å². The molecule has 3 N–H and O–H groups in total. The lowest BCUT2D eigenvalue weighted by Crippen LogP contribution is -2.38. The lowest BCUT2D eigenvalue weighted by Gasteiger charge is -2.06. The fourth-order valence-corrected chi connectivity index (χ4v) is 1.61. The van der Waals surface area contributed by atoms with Crippen molar-refractivity contribution >= 4 is 17.8 Å². The van der Waals surface area contributed by atoms with Crippen molar-refractivity contribution in [1.82, 2.24) is 5.32 Å². The molecule has 1 aromatic heterocycles. The summed E-state index contributed by atoms with van der Waals surface area (Å²) in [6.07, 6.45) is 3.67. The molecule has 0 fully saturated rings. The first-order valence-corrected chi connectivity index (χ1v) is 5.81. The summed E-state index contributed by atoms with van der Waals surface area (Å²) in [6.45, 7) is 2.46. The van der Waals surface area contributed by atoms with Gasteiger partial charge in [-0.15, -0.1) is 0 Å². The average molecular weight is 275 g/mol. The number of nitrogens with one attached hydrogen (secondary N) is 2. The number of hydrogen-bond donors (Lipinski definition) is 3.